The minimum atomic E-state index is 0.275. The zero-order valence-corrected chi connectivity index (χ0v) is 13.9. The van der Waals surface area contributed by atoms with Crippen LogP contribution in [0.3, 0.4) is 0 Å². The maximum absolute atomic E-state index is 5.46. The topological polar surface area (TPSA) is 21.3 Å². The fourth-order valence-corrected chi connectivity index (χ4v) is 2.49. The van der Waals surface area contributed by atoms with Crippen molar-refractivity contribution in [3.63, 3.8) is 0 Å². The van der Waals surface area contributed by atoms with E-state index >= 15 is 0 Å². The molecule has 0 saturated heterocycles. The number of methoxy groups -OCH3 is 1. The third-order valence-electron chi connectivity index (χ3n) is 2.72. The zero-order chi connectivity index (χ0) is 14.5. The van der Waals surface area contributed by atoms with E-state index in [1.54, 1.807) is 7.11 Å². The van der Waals surface area contributed by atoms with E-state index in [0.717, 1.165) is 18.0 Å². The van der Waals surface area contributed by atoms with Crippen LogP contribution in [0.4, 0.5) is 0 Å². The number of hydrogen-bond acceptors (Lipinski definition) is 3. The summed E-state index contributed by atoms with van der Waals surface area (Å²) in [5.74, 6) is 1.98. The second-order valence-corrected chi connectivity index (χ2v) is 7.88. The van der Waals surface area contributed by atoms with Gasteiger partial charge in [0.05, 0.1) is 7.11 Å². The quantitative estimate of drug-likeness (QED) is 0.843. The molecule has 0 heterocycles. The largest absolute Gasteiger partial charge is 0.496 e. The van der Waals surface area contributed by atoms with E-state index in [-0.39, 0.29) is 4.75 Å². The van der Waals surface area contributed by atoms with Gasteiger partial charge in [-0.3, -0.25) is 0 Å². The van der Waals surface area contributed by atoms with E-state index < -0.39 is 0 Å². The summed E-state index contributed by atoms with van der Waals surface area (Å²) >= 11 is 1.95. The Hall–Kier alpha value is -0.670. The second-order valence-electron chi connectivity index (χ2n) is 6.08. The Balaban J connectivity index is 2.78. The average molecular weight is 281 g/mol. The van der Waals surface area contributed by atoms with Crippen LogP contribution in [0.1, 0.15) is 45.7 Å². The number of benzene rings is 1. The molecule has 1 N–H and O–H groups in total. The molecule has 3 heteroatoms. The highest BCUT2D eigenvalue weighted by Crippen LogP contribution is 2.31. The summed E-state index contributed by atoms with van der Waals surface area (Å²) in [5.41, 5.74) is 2.60. The number of ether oxygens (including phenoxy) is 1. The van der Waals surface area contributed by atoms with Crippen molar-refractivity contribution in [3.8, 4) is 5.75 Å². The molecule has 0 aliphatic rings. The maximum Gasteiger partial charge on any atom is 0.122 e. The third-order valence-corrected chi connectivity index (χ3v) is 4.04. The Kier molecular flexibility index (Phi) is 6.21. The van der Waals surface area contributed by atoms with Gasteiger partial charge in [0.2, 0.25) is 0 Å². The van der Waals surface area contributed by atoms with Crippen LogP contribution < -0.4 is 10.1 Å². The van der Waals surface area contributed by atoms with Crippen LogP contribution in [-0.2, 0) is 12.3 Å². The molecule has 0 radical (unpaired) electrons. The summed E-state index contributed by atoms with van der Waals surface area (Å²) in [6.07, 6.45) is 0. The number of rotatable bonds is 6. The molecular formula is C16H27NOS. The molecule has 0 aliphatic carbocycles. The lowest BCUT2D eigenvalue weighted by Gasteiger charge is -2.19. The molecule has 0 bridgehead atoms. The minimum absolute atomic E-state index is 0.275. The number of hydrogen-bond donors (Lipinski definition) is 1. The molecule has 108 valence electrons. The van der Waals surface area contributed by atoms with Gasteiger partial charge in [-0.15, -0.1) is 0 Å². The Labute approximate surface area is 122 Å². The number of thioether (sulfide) groups is 1. The molecule has 0 atom stereocenters. The molecule has 1 aromatic rings. The molecule has 0 saturated carbocycles. The van der Waals surface area contributed by atoms with Crippen molar-refractivity contribution in [1.29, 1.82) is 0 Å². The van der Waals surface area contributed by atoms with Crippen molar-refractivity contribution in [2.45, 2.75) is 57.7 Å². The highest BCUT2D eigenvalue weighted by molar-refractivity contribution is 7.99. The van der Waals surface area contributed by atoms with Crippen LogP contribution >= 0.6 is 11.8 Å². The molecule has 0 aromatic heterocycles. The smallest absolute Gasteiger partial charge is 0.122 e. The SMILES string of the molecule is COc1ccc(CNC(C)C)cc1CSC(C)(C)C. The standard InChI is InChI=1S/C16H27NOS/c1-12(2)17-10-13-7-8-15(18-6)14(9-13)11-19-16(3,4)5/h7-9,12,17H,10-11H2,1-6H3. The Morgan fingerprint density at radius 1 is 1.26 bits per heavy atom. The molecule has 2 nitrogen and oxygen atoms in total. The maximum atomic E-state index is 5.46. The summed E-state index contributed by atoms with van der Waals surface area (Å²) < 4.78 is 5.73. The lowest BCUT2D eigenvalue weighted by Crippen LogP contribution is -2.21. The molecule has 1 rings (SSSR count). The van der Waals surface area contributed by atoms with Crippen molar-refractivity contribution in [2.75, 3.05) is 7.11 Å². The first-order chi connectivity index (χ1) is 8.81. The van der Waals surface area contributed by atoms with Crippen LogP contribution in [0.5, 0.6) is 5.75 Å². The summed E-state index contributed by atoms with van der Waals surface area (Å²) in [4.78, 5) is 0. The fourth-order valence-electron chi connectivity index (χ4n) is 1.67. The predicted molar refractivity (Wildman–Crippen MR) is 86.0 cm³/mol. The molecule has 0 aliphatic heterocycles. The van der Waals surface area contributed by atoms with Crippen LogP contribution in [0.25, 0.3) is 0 Å². The van der Waals surface area contributed by atoms with Gasteiger partial charge in [-0.1, -0.05) is 40.7 Å². The van der Waals surface area contributed by atoms with Crippen LogP contribution in [0, 0.1) is 0 Å². The highest BCUT2D eigenvalue weighted by atomic mass is 32.2. The van der Waals surface area contributed by atoms with E-state index in [1.807, 2.05) is 11.8 Å². The molecule has 0 amide bonds. The Bertz CT molecular complexity index is 396. The highest BCUT2D eigenvalue weighted by Gasteiger charge is 2.13. The zero-order valence-electron chi connectivity index (χ0n) is 13.0. The van der Waals surface area contributed by atoms with Crippen molar-refractivity contribution in [2.24, 2.45) is 0 Å². The normalized spacial score (nSPS) is 11.9. The van der Waals surface area contributed by atoms with E-state index in [4.69, 9.17) is 4.74 Å². The fraction of sp³-hybridized carbons (Fsp3) is 0.625. The summed E-state index contributed by atoms with van der Waals surface area (Å²) in [6, 6.07) is 6.98. The van der Waals surface area contributed by atoms with Gasteiger partial charge in [0.25, 0.3) is 0 Å². The number of nitrogens with one attached hydrogen (secondary N) is 1. The first kappa shape index (κ1) is 16.4. The Morgan fingerprint density at radius 3 is 2.47 bits per heavy atom. The van der Waals surface area contributed by atoms with Gasteiger partial charge < -0.3 is 10.1 Å². The first-order valence-corrected chi connectivity index (χ1v) is 7.83. The molecule has 1 aromatic carbocycles. The van der Waals surface area contributed by atoms with Gasteiger partial charge in [-0.25, -0.2) is 0 Å². The van der Waals surface area contributed by atoms with Crippen molar-refractivity contribution in [1.82, 2.24) is 5.32 Å². The van der Waals surface area contributed by atoms with Crippen LogP contribution in [-0.4, -0.2) is 17.9 Å². The first-order valence-electron chi connectivity index (χ1n) is 6.85. The predicted octanol–water partition coefficient (Wildman–Crippen LogP) is 4.22. The van der Waals surface area contributed by atoms with Gasteiger partial charge in [0.15, 0.2) is 0 Å². The van der Waals surface area contributed by atoms with Crippen LogP contribution in [0.15, 0.2) is 18.2 Å². The van der Waals surface area contributed by atoms with Crippen molar-refractivity contribution in [3.05, 3.63) is 29.3 Å². The Morgan fingerprint density at radius 2 is 1.95 bits per heavy atom. The molecule has 0 fully saturated rings. The minimum Gasteiger partial charge on any atom is -0.496 e. The lowest BCUT2D eigenvalue weighted by atomic mass is 10.1. The van der Waals surface area contributed by atoms with Crippen molar-refractivity contribution < 1.29 is 4.74 Å². The summed E-state index contributed by atoms with van der Waals surface area (Å²) in [6.45, 7) is 12.0. The van der Waals surface area contributed by atoms with Crippen molar-refractivity contribution >= 4 is 11.8 Å². The van der Waals surface area contributed by atoms with Gasteiger partial charge in [-0.2, -0.15) is 11.8 Å². The second kappa shape index (κ2) is 7.20. The van der Waals surface area contributed by atoms with E-state index in [0.29, 0.717) is 6.04 Å². The van der Waals surface area contributed by atoms with Gasteiger partial charge >= 0.3 is 0 Å². The van der Waals surface area contributed by atoms with Gasteiger partial charge in [-0.05, 0) is 17.7 Å². The lowest BCUT2D eigenvalue weighted by molar-refractivity contribution is 0.411. The van der Waals surface area contributed by atoms with Crippen LogP contribution in [0.2, 0.25) is 0 Å². The third kappa shape index (κ3) is 6.35. The molecule has 19 heavy (non-hydrogen) atoms. The van der Waals surface area contributed by atoms with E-state index in [9.17, 15) is 0 Å². The summed E-state index contributed by atoms with van der Waals surface area (Å²) in [7, 11) is 1.74. The molecule has 0 unspecified atom stereocenters. The average Bonchev–Trinajstić information content (AvgIpc) is 2.33. The van der Waals surface area contributed by atoms with Gasteiger partial charge in [0, 0.05) is 28.6 Å². The molecular weight excluding hydrogens is 254 g/mol. The van der Waals surface area contributed by atoms with E-state index in [2.05, 4.69) is 58.1 Å². The summed E-state index contributed by atoms with van der Waals surface area (Å²) in [5, 5.41) is 3.45. The monoisotopic (exact) mass is 281 g/mol. The molecule has 0 spiro atoms. The van der Waals surface area contributed by atoms with E-state index in [1.165, 1.54) is 11.1 Å². The van der Waals surface area contributed by atoms with Gasteiger partial charge in [0.1, 0.15) is 5.75 Å².